The quantitative estimate of drug-likeness (QED) is 0.305. The van der Waals surface area contributed by atoms with Crippen molar-refractivity contribution >= 4 is 0 Å². The Bertz CT molecular complexity index is 804. The van der Waals surface area contributed by atoms with E-state index >= 15 is 0 Å². The van der Waals surface area contributed by atoms with Gasteiger partial charge in [0, 0.05) is 0 Å². The zero-order valence-corrected chi connectivity index (χ0v) is 17.5. The van der Waals surface area contributed by atoms with Crippen molar-refractivity contribution < 1.29 is 9.47 Å². The molecule has 0 fully saturated rings. The summed E-state index contributed by atoms with van der Waals surface area (Å²) in [6.07, 6.45) is 11.8. The first-order valence-electron chi connectivity index (χ1n) is 10.6. The number of hydrogen-bond donors (Lipinski definition) is 0. The molecular weight excluding hydrogens is 368 g/mol. The van der Waals surface area contributed by atoms with E-state index in [1.165, 1.54) is 22.3 Å². The van der Waals surface area contributed by atoms with Crippen LogP contribution in [0.3, 0.4) is 0 Å². The lowest BCUT2D eigenvalue weighted by Crippen LogP contribution is -1.88. The van der Waals surface area contributed by atoms with Gasteiger partial charge < -0.3 is 9.47 Å². The third-order valence-corrected chi connectivity index (χ3v) is 4.79. The Morgan fingerprint density at radius 3 is 1.27 bits per heavy atom. The van der Waals surface area contributed by atoms with E-state index in [9.17, 15) is 0 Å². The van der Waals surface area contributed by atoms with Gasteiger partial charge in [-0.05, 0) is 60.1 Å². The summed E-state index contributed by atoms with van der Waals surface area (Å²) in [6, 6.07) is 29.3. The maximum atomic E-state index is 5.58. The van der Waals surface area contributed by atoms with Gasteiger partial charge in [0.1, 0.15) is 13.2 Å². The number of aryl methyl sites for hydroxylation is 2. The predicted molar refractivity (Wildman–Crippen MR) is 124 cm³/mol. The highest BCUT2D eigenvalue weighted by Gasteiger charge is 1.95. The van der Waals surface area contributed by atoms with Gasteiger partial charge in [0.25, 0.3) is 0 Å². The highest BCUT2D eigenvalue weighted by atomic mass is 16.5. The van der Waals surface area contributed by atoms with Gasteiger partial charge in [-0.3, -0.25) is 0 Å². The van der Waals surface area contributed by atoms with E-state index in [0.717, 1.165) is 25.7 Å². The lowest BCUT2D eigenvalue weighted by atomic mass is 10.0. The Hall–Kier alpha value is -3.26. The monoisotopic (exact) mass is 398 g/mol. The molecule has 3 rings (SSSR count). The summed E-state index contributed by atoms with van der Waals surface area (Å²) < 4.78 is 11.2. The minimum Gasteiger partial charge on any atom is -0.497 e. The van der Waals surface area contributed by atoms with Crippen LogP contribution in [-0.2, 0) is 35.5 Å². The smallest absolute Gasteiger partial charge is 0.112 e. The minimum absolute atomic E-state index is 0.623. The Kier molecular flexibility index (Phi) is 9.33. The molecule has 0 unspecified atom stereocenters. The highest BCUT2D eigenvalue weighted by molar-refractivity contribution is 5.23. The maximum absolute atomic E-state index is 5.58. The average molecular weight is 399 g/mol. The Labute approximate surface area is 180 Å². The summed E-state index contributed by atoms with van der Waals surface area (Å²) >= 11 is 0. The lowest BCUT2D eigenvalue weighted by Gasteiger charge is -2.03. The number of ether oxygens (including phenoxy) is 2. The molecule has 0 aliphatic rings. The molecule has 3 aromatic rings. The van der Waals surface area contributed by atoms with Crippen molar-refractivity contribution in [2.24, 2.45) is 0 Å². The summed E-state index contributed by atoms with van der Waals surface area (Å²) in [6.45, 7) is 1.25. The molecule has 2 heteroatoms. The number of rotatable bonds is 12. The normalized spacial score (nSPS) is 11.2. The van der Waals surface area contributed by atoms with E-state index in [2.05, 4.69) is 60.7 Å². The maximum Gasteiger partial charge on any atom is 0.112 e. The highest BCUT2D eigenvalue weighted by Crippen LogP contribution is 2.10. The molecule has 2 nitrogen and oxygen atoms in total. The first-order valence-corrected chi connectivity index (χ1v) is 10.6. The van der Waals surface area contributed by atoms with Crippen molar-refractivity contribution in [1.82, 2.24) is 0 Å². The molecule has 0 aliphatic heterocycles. The Balaban J connectivity index is 1.27. The Morgan fingerprint density at radius 2 is 0.867 bits per heavy atom. The molecule has 0 atom stereocenters. The van der Waals surface area contributed by atoms with Crippen LogP contribution in [0.1, 0.15) is 35.1 Å². The van der Waals surface area contributed by atoms with E-state index in [1.807, 2.05) is 48.9 Å². The van der Waals surface area contributed by atoms with Crippen LogP contribution in [0.4, 0.5) is 0 Å². The third kappa shape index (κ3) is 8.40. The number of hydrogen-bond acceptors (Lipinski definition) is 2. The van der Waals surface area contributed by atoms with Gasteiger partial charge in [0.05, 0.1) is 12.5 Å². The lowest BCUT2D eigenvalue weighted by molar-refractivity contribution is 0.235. The molecule has 0 aromatic heterocycles. The van der Waals surface area contributed by atoms with Crippen molar-refractivity contribution in [3.8, 4) is 0 Å². The second kappa shape index (κ2) is 13.1. The number of benzene rings is 3. The topological polar surface area (TPSA) is 18.5 Å². The molecule has 0 spiro atoms. The predicted octanol–water partition coefficient (Wildman–Crippen LogP) is 7.01. The summed E-state index contributed by atoms with van der Waals surface area (Å²) in [5, 5.41) is 0. The van der Waals surface area contributed by atoms with Crippen molar-refractivity contribution in [2.45, 2.75) is 38.9 Å². The molecule has 30 heavy (non-hydrogen) atoms. The van der Waals surface area contributed by atoms with Crippen LogP contribution in [0, 0.1) is 0 Å². The standard InChI is InChI=1S/C28H30O2/c1-3-13-27(14-4-1)23-29-21-9-7-11-25-17-19-26(20-18-25)12-8-10-22-30-24-28-15-5-2-6-16-28/h1-6,9-10,13-22H,7-8,11-12,23-24H2/b21-9+,22-10+. The van der Waals surface area contributed by atoms with Gasteiger partial charge in [-0.25, -0.2) is 0 Å². The van der Waals surface area contributed by atoms with Crippen LogP contribution in [0.25, 0.3) is 0 Å². The van der Waals surface area contributed by atoms with Crippen LogP contribution >= 0.6 is 0 Å². The average Bonchev–Trinajstić information content (AvgIpc) is 2.81. The minimum atomic E-state index is 0.623. The fourth-order valence-corrected chi connectivity index (χ4v) is 3.08. The van der Waals surface area contributed by atoms with Gasteiger partial charge in [-0.1, -0.05) is 84.9 Å². The SMILES string of the molecule is C(=C\OCc1ccccc1)/CCc1ccc(CC/C=C/OCc2ccccc2)cc1. The molecule has 0 radical (unpaired) electrons. The van der Waals surface area contributed by atoms with Crippen LogP contribution in [0.5, 0.6) is 0 Å². The van der Waals surface area contributed by atoms with Gasteiger partial charge in [-0.15, -0.1) is 0 Å². The van der Waals surface area contributed by atoms with Crippen LogP contribution in [-0.4, -0.2) is 0 Å². The van der Waals surface area contributed by atoms with E-state index in [-0.39, 0.29) is 0 Å². The zero-order chi connectivity index (χ0) is 20.7. The van der Waals surface area contributed by atoms with Crippen LogP contribution in [0.2, 0.25) is 0 Å². The van der Waals surface area contributed by atoms with Gasteiger partial charge in [-0.2, -0.15) is 0 Å². The Morgan fingerprint density at radius 1 is 0.467 bits per heavy atom. The summed E-state index contributed by atoms with van der Waals surface area (Å²) in [5.74, 6) is 0. The molecule has 154 valence electrons. The van der Waals surface area contributed by atoms with E-state index in [0.29, 0.717) is 13.2 Å². The first-order chi connectivity index (χ1) is 14.9. The zero-order valence-electron chi connectivity index (χ0n) is 17.5. The molecule has 0 bridgehead atoms. The molecule has 0 aliphatic carbocycles. The van der Waals surface area contributed by atoms with Gasteiger partial charge in [0.2, 0.25) is 0 Å². The molecular formula is C28H30O2. The fourth-order valence-electron chi connectivity index (χ4n) is 3.08. The summed E-state index contributed by atoms with van der Waals surface area (Å²) in [7, 11) is 0. The third-order valence-electron chi connectivity index (χ3n) is 4.79. The molecule has 3 aromatic carbocycles. The largest absolute Gasteiger partial charge is 0.497 e. The van der Waals surface area contributed by atoms with Crippen molar-refractivity contribution in [2.75, 3.05) is 0 Å². The number of allylic oxidation sites excluding steroid dienone is 2. The van der Waals surface area contributed by atoms with E-state index in [4.69, 9.17) is 9.47 Å². The first kappa shape index (κ1) is 21.4. The second-order valence-electron chi connectivity index (χ2n) is 7.23. The summed E-state index contributed by atoms with van der Waals surface area (Å²) in [5.41, 5.74) is 5.09. The molecule has 0 saturated carbocycles. The molecule has 0 N–H and O–H groups in total. The van der Waals surface area contributed by atoms with Gasteiger partial charge >= 0.3 is 0 Å². The fraction of sp³-hybridized carbons (Fsp3) is 0.214. The van der Waals surface area contributed by atoms with Crippen LogP contribution < -0.4 is 0 Å². The summed E-state index contributed by atoms with van der Waals surface area (Å²) in [4.78, 5) is 0. The second-order valence-corrected chi connectivity index (χ2v) is 7.23. The van der Waals surface area contributed by atoms with Crippen LogP contribution in [0.15, 0.2) is 110 Å². The van der Waals surface area contributed by atoms with Crippen molar-refractivity contribution in [1.29, 1.82) is 0 Å². The molecule has 0 heterocycles. The van der Waals surface area contributed by atoms with Crippen molar-refractivity contribution in [3.05, 3.63) is 132 Å². The van der Waals surface area contributed by atoms with Crippen molar-refractivity contribution in [3.63, 3.8) is 0 Å². The van der Waals surface area contributed by atoms with E-state index in [1.54, 1.807) is 0 Å². The molecule has 0 amide bonds. The van der Waals surface area contributed by atoms with Gasteiger partial charge in [0.15, 0.2) is 0 Å². The van der Waals surface area contributed by atoms with E-state index < -0.39 is 0 Å². The molecule has 0 saturated heterocycles.